The summed E-state index contributed by atoms with van der Waals surface area (Å²) in [6.07, 6.45) is 5.22. The van der Waals surface area contributed by atoms with Gasteiger partial charge in [0.1, 0.15) is 0 Å². The minimum atomic E-state index is -0.0551. The van der Waals surface area contributed by atoms with E-state index in [9.17, 15) is 4.79 Å². The molecule has 110 valence electrons. The number of nitrogens with zero attached hydrogens (tertiary/aromatic N) is 1. The number of rotatable bonds is 4. The normalized spacial score (nSPS) is 16.6. The highest BCUT2D eigenvalue weighted by atomic mass is 16.1. The van der Waals surface area contributed by atoms with Crippen LogP contribution in [0.3, 0.4) is 0 Å². The zero-order valence-electron chi connectivity index (χ0n) is 12.3. The second-order valence-corrected chi connectivity index (χ2v) is 5.46. The molecule has 1 aromatic carbocycles. The number of nitrogens with two attached hydrogens (primary N) is 1. The number of benzene rings is 1. The molecule has 3 N–H and O–H groups in total. The Balaban J connectivity index is 2.03. The van der Waals surface area contributed by atoms with Gasteiger partial charge in [-0.2, -0.15) is 0 Å². The van der Waals surface area contributed by atoms with Gasteiger partial charge in [-0.15, -0.1) is 0 Å². The molecular formula is C16H25N3O. The second-order valence-electron chi connectivity index (χ2n) is 5.46. The Morgan fingerprint density at radius 1 is 1.25 bits per heavy atom. The van der Waals surface area contributed by atoms with E-state index in [1.165, 1.54) is 25.7 Å². The van der Waals surface area contributed by atoms with E-state index in [0.717, 1.165) is 30.9 Å². The van der Waals surface area contributed by atoms with Gasteiger partial charge in [-0.05, 0) is 50.6 Å². The zero-order chi connectivity index (χ0) is 14.4. The Kier molecular flexibility index (Phi) is 5.41. The molecule has 0 saturated carbocycles. The van der Waals surface area contributed by atoms with E-state index in [1.54, 1.807) is 6.07 Å². The Morgan fingerprint density at radius 2 is 1.95 bits per heavy atom. The summed E-state index contributed by atoms with van der Waals surface area (Å²) < 4.78 is 0. The summed E-state index contributed by atoms with van der Waals surface area (Å²) in [5.74, 6) is -0.0551. The maximum atomic E-state index is 11.8. The van der Waals surface area contributed by atoms with Crippen LogP contribution in [-0.2, 0) is 6.54 Å². The maximum Gasteiger partial charge on any atom is 0.251 e. The second kappa shape index (κ2) is 7.29. The van der Waals surface area contributed by atoms with Gasteiger partial charge in [-0.25, -0.2) is 0 Å². The number of likely N-dealkylation sites (tertiary alicyclic amines) is 1. The van der Waals surface area contributed by atoms with Crippen LogP contribution in [0.1, 0.15) is 48.5 Å². The lowest BCUT2D eigenvalue weighted by atomic mass is 10.1. The highest BCUT2D eigenvalue weighted by Crippen LogP contribution is 2.19. The average molecular weight is 275 g/mol. The molecule has 0 atom stereocenters. The van der Waals surface area contributed by atoms with Crippen molar-refractivity contribution in [2.24, 2.45) is 0 Å². The van der Waals surface area contributed by atoms with E-state index in [-0.39, 0.29) is 5.91 Å². The van der Waals surface area contributed by atoms with Gasteiger partial charge < -0.3 is 11.1 Å². The van der Waals surface area contributed by atoms with Crippen LogP contribution in [0.15, 0.2) is 18.2 Å². The van der Waals surface area contributed by atoms with Crippen molar-refractivity contribution in [3.63, 3.8) is 0 Å². The lowest BCUT2D eigenvalue weighted by Crippen LogP contribution is -2.25. The smallest absolute Gasteiger partial charge is 0.251 e. The van der Waals surface area contributed by atoms with Crippen LogP contribution in [0, 0.1) is 0 Å². The summed E-state index contributed by atoms with van der Waals surface area (Å²) in [7, 11) is 0. The average Bonchev–Trinajstić information content (AvgIpc) is 2.70. The molecule has 1 heterocycles. The Labute approximate surface area is 121 Å². The minimum absolute atomic E-state index is 0.0551. The van der Waals surface area contributed by atoms with E-state index in [1.807, 2.05) is 19.1 Å². The van der Waals surface area contributed by atoms with Crippen LogP contribution in [0.5, 0.6) is 0 Å². The molecule has 1 aliphatic heterocycles. The summed E-state index contributed by atoms with van der Waals surface area (Å²) in [6, 6.07) is 5.65. The first-order valence-electron chi connectivity index (χ1n) is 7.59. The number of hydrogen-bond acceptors (Lipinski definition) is 3. The number of amides is 1. The summed E-state index contributed by atoms with van der Waals surface area (Å²) in [6.45, 7) is 5.74. The van der Waals surface area contributed by atoms with E-state index in [2.05, 4.69) is 10.2 Å². The van der Waals surface area contributed by atoms with Crippen LogP contribution < -0.4 is 11.1 Å². The summed E-state index contributed by atoms with van der Waals surface area (Å²) >= 11 is 0. The molecule has 0 aromatic heterocycles. The summed E-state index contributed by atoms with van der Waals surface area (Å²) in [5.41, 5.74) is 8.59. The van der Waals surface area contributed by atoms with Gasteiger partial charge in [0.15, 0.2) is 0 Å². The van der Waals surface area contributed by atoms with Crippen molar-refractivity contribution in [2.45, 2.75) is 39.2 Å². The molecule has 1 saturated heterocycles. The minimum Gasteiger partial charge on any atom is -0.398 e. The van der Waals surface area contributed by atoms with Crippen molar-refractivity contribution in [1.29, 1.82) is 0 Å². The van der Waals surface area contributed by atoms with E-state index < -0.39 is 0 Å². The van der Waals surface area contributed by atoms with Crippen molar-refractivity contribution in [3.05, 3.63) is 29.3 Å². The molecule has 1 amide bonds. The molecule has 0 spiro atoms. The third kappa shape index (κ3) is 3.97. The lowest BCUT2D eigenvalue weighted by Gasteiger charge is -2.21. The topological polar surface area (TPSA) is 58.4 Å². The van der Waals surface area contributed by atoms with Crippen molar-refractivity contribution in [3.8, 4) is 0 Å². The molecule has 4 nitrogen and oxygen atoms in total. The molecule has 1 aliphatic rings. The van der Waals surface area contributed by atoms with Gasteiger partial charge in [0.05, 0.1) is 0 Å². The fourth-order valence-electron chi connectivity index (χ4n) is 2.68. The fourth-order valence-corrected chi connectivity index (χ4v) is 2.68. The van der Waals surface area contributed by atoms with E-state index in [4.69, 9.17) is 5.73 Å². The van der Waals surface area contributed by atoms with Crippen LogP contribution in [-0.4, -0.2) is 30.4 Å². The number of nitrogens with one attached hydrogen (secondary N) is 1. The van der Waals surface area contributed by atoms with Gasteiger partial charge in [-0.3, -0.25) is 9.69 Å². The third-order valence-electron chi connectivity index (χ3n) is 3.84. The van der Waals surface area contributed by atoms with Crippen molar-refractivity contribution < 1.29 is 4.79 Å². The predicted molar refractivity (Wildman–Crippen MR) is 82.6 cm³/mol. The molecule has 0 aliphatic carbocycles. The molecule has 0 unspecified atom stereocenters. The first kappa shape index (κ1) is 14.9. The monoisotopic (exact) mass is 275 g/mol. The quantitative estimate of drug-likeness (QED) is 0.830. The maximum absolute atomic E-state index is 11.8. The van der Waals surface area contributed by atoms with Gasteiger partial charge in [-0.1, -0.05) is 18.9 Å². The molecular weight excluding hydrogens is 250 g/mol. The molecule has 1 aromatic rings. The van der Waals surface area contributed by atoms with Gasteiger partial charge >= 0.3 is 0 Å². The number of carbonyl (C=O) groups excluding carboxylic acids is 1. The van der Waals surface area contributed by atoms with Crippen molar-refractivity contribution in [1.82, 2.24) is 10.2 Å². The first-order valence-corrected chi connectivity index (χ1v) is 7.59. The van der Waals surface area contributed by atoms with Crippen LogP contribution >= 0.6 is 0 Å². The van der Waals surface area contributed by atoms with Gasteiger partial charge in [0.25, 0.3) is 5.91 Å². The molecule has 20 heavy (non-hydrogen) atoms. The molecule has 4 heteroatoms. The number of anilines is 1. The standard InChI is InChI=1S/C16H25N3O/c1-2-18-16(20)13-7-8-14(15(17)11-13)12-19-9-5-3-4-6-10-19/h7-8,11H,2-6,9-10,12,17H2,1H3,(H,18,20). The number of hydrogen-bond donors (Lipinski definition) is 2. The van der Waals surface area contributed by atoms with E-state index >= 15 is 0 Å². The zero-order valence-corrected chi connectivity index (χ0v) is 12.3. The van der Waals surface area contributed by atoms with Crippen LogP contribution in [0.25, 0.3) is 0 Å². The fraction of sp³-hybridized carbons (Fsp3) is 0.562. The lowest BCUT2D eigenvalue weighted by molar-refractivity contribution is 0.0956. The molecule has 1 fully saturated rings. The first-order chi connectivity index (χ1) is 9.70. The summed E-state index contributed by atoms with van der Waals surface area (Å²) in [4.78, 5) is 14.2. The molecule has 2 rings (SSSR count). The summed E-state index contributed by atoms with van der Waals surface area (Å²) in [5, 5.41) is 2.79. The van der Waals surface area contributed by atoms with Crippen molar-refractivity contribution in [2.75, 3.05) is 25.4 Å². The van der Waals surface area contributed by atoms with Gasteiger partial charge in [0.2, 0.25) is 0 Å². The Morgan fingerprint density at radius 3 is 2.55 bits per heavy atom. The largest absolute Gasteiger partial charge is 0.398 e. The molecule has 0 bridgehead atoms. The van der Waals surface area contributed by atoms with Gasteiger partial charge in [0, 0.05) is 24.3 Å². The number of carbonyl (C=O) groups is 1. The SMILES string of the molecule is CCNC(=O)c1ccc(CN2CCCCCC2)c(N)c1. The highest BCUT2D eigenvalue weighted by molar-refractivity contribution is 5.95. The predicted octanol–water partition coefficient (Wildman–Crippen LogP) is 2.39. The highest BCUT2D eigenvalue weighted by Gasteiger charge is 2.12. The van der Waals surface area contributed by atoms with Crippen LogP contribution in [0.4, 0.5) is 5.69 Å². The van der Waals surface area contributed by atoms with Crippen molar-refractivity contribution >= 4 is 11.6 Å². The number of nitrogen functional groups attached to an aromatic ring is 1. The van der Waals surface area contributed by atoms with Crippen LogP contribution in [0.2, 0.25) is 0 Å². The Bertz CT molecular complexity index is 451. The molecule has 0 radical (unpaired) electrons. The van der Waals surface area contributed by atoms with E-state index in [0.29, 0.717) is 12.1 Å². The Hall–Kier alpha value is -1.55. The third-order valence-corrected chi connectivity index (χ3v) is 3.84.